The maximum absolute atomic E-state index is 12.1. The molecule has 2 N–H and O–H groups in total. The van der Waals surface area contributed by atoms with Gasteiger partial charge in [0.25, 0.3) is 0 Å². The molecule has 0 amide bonds. The molecule has 0 spiro atoms. The summed E-state index contributed by atoms with van der Waals surface area (Å²) in [6, 6.07) is 28.2. The van der Waals surface area contributed by atoms with Gasteiger partial charge in [0.15, 0.2) is 0 Å². The third kappa shape index (κ3) is 11.8. The third-order valence-corrected chi connectivity index (χ3v) is 10.3. The van der Waals surface area contributed by atoms with Crippen LogP contribution in [0.25, 0.3) is 33.4 Å². The zero-order chi connectivity index (χ0) is 40.0. The Bertz CT molecular complexity index is 1850. The topological polar surface area (TPSA) is 102 Å². The number of hydrogen-bond donors (Lipinski definition) is 2. The molecule has 0 bridgehead atoms. The van der Waals surface area contributed by atoms with Gasteiger partial charge in [-0.2, -0.15) is 0 Å². The zero-order valence-corrected chi connectivity index (χ0v) is 33.3. The van der Waals surface area contributed by atoms with Crippen LogP contribution in [0, 0.1) is 12.3 Å². The summed E-state index contributed by atoms with van der Waals surface area (Å²) in [7, 11) is 0. The highest BCUT2D eigenvalue weighted by atomic mass is 16.5. The largest absolute Gasteiger partial charge is 0.493 e. The highest BCUT2D eigenvalue weighted by Gasteiger charge is 2.27. The minimum atomic E-state index is -0.646. The molecule has 7 nitrogen and oxygen atoms in total. The van der Waals surface area contributed by atoms with Crippen LogP contribution in [0.3, 0.4) is 0 Å². The fraction of sp³-hybridized carbons (Fsp3) is 0.375. The van der Waals surface area contributed by atoms with E-state index in [9.17, 15) is 19.8 Å². The normalized spacial score (nSPS) is 11.3. The van der Waals surface area contributed by atoms with E-state index in [1.807, 2.05) is 6.92 Å². The second-order valence-electron chi connectivity index (χ2n) is 14.6. The van der Waals surface area contributed by atoms with Crippen LogP contribution in [-0.4, -0.2) is 55.2 Å². The van der Waals surface area contributed by atoms with E-state index < -0.39 is 17.4 Å². The summed E-state index contributed by atoms with van der Waals surface area (Å²) >= 11 is 0. The highest BCUT2D eigenvalue weighted by Crippen LogP contribution is 2.37. The van der Waals surface area contributed by atoms with Gasteiger partial charge in [0.1, 0.15) is 5.75 Å². The molecule has 0 radical (unpaired) electrons. The predicted octanol–water partition coefficient (Wildman–Crippen LogP) is 9.81. The van der Waals surface area contributed by atoms with E-state index in [1.165, 1.54) is 27.8 Å². The SMILES string of the molecule is C=C(C)C(=O)OCCCc1cc(-c2ccc(-c3ccc(-c4ccc(C)cc4)cc3)c(CC)c2)cc(CCCOC(=O)C(=C)C)c1OCCC(CC)(CO)CO. The van der Waals surface area contributed by atoms with Gasteiger partial charge in [-0.05, 0) is 128 Å². The fourth-order valence-electron chi connectivity index (χ4n) is 6.49. The Balaban J connectivity index is 1.71. The molecule has 0 aliphatic heterocycles. The van der Waals surface area contributed by atoms with Crippen LogP contribution in [0.1, 0.15) is 75.6 Å². The number of aliphatic hydroxyl groups is 2. The number of ether oxygens (including phenoxy) is 3. The van der Waals surface area contributed by atoms with Crippen LogP contribution < -0.4 is 4.74 Å². The van der Waals surface area contributed by atoms with Crippen molar-refractivity contribution in [2.24, 2.45) is 5.41 Å². The number of rotatable bonds is 21. The molecule has 0 aliphatic rings. The second kappa shape index (κ2) is 20.6. The standard InChI is InChI=1S/C48H58O7/c1-8-36-28-40(22-23-44(36)39-20-18-38(19-21-39)37-16-14-35(7)15-17-37)43-29-41(12-10-25-54-46(51)33(3)4)45(53-27-24-48(9-2,31-49)32-50)42(30-43)13-11-26-55-47(52)34(5)6/h14-23,28-30,49-50H,3,5,8-13,24-27,31-32H2,1-2,4,6-7H3. The van der Waals surface area contributed by atoms with Crippen molar-refractivity contribution in [2.45, 2.75) is 79.6 Å². The molecule has 4 rings (SSSR count). The van der Waals surface area contributed by atoms with Crippen molar-refractivity contribution in [3.05, 3.63) is 125 Å². The van der Waals surface area contributed by atoms with E-state index >= 15 is 0 Å². The van der Waals surface area contributed by atoms with E-state index in [-0.39, 0.29) is 26.4 Å². The molecule has 292 valence electrons. The van der Waals surface area contributed by atoms with E-state index in [2.05, 4.69) is 106 Å². The Kier molecular flexibility index (Phi) is 16.0. The van der Waals surface area contributed by atoms with Gasteiger partial charge in [-0.15, -0.1) is 0 Å². The molecule has 0 saturated carbocycles. The molecule has 0 aliphatic carbocycles. The second-order valence-corrected chi connectivity index (χ2v) is 14.6. The van der Waals surface area contributed by atoms with Crippen molar-refractivity contribution in [1.82, 2.24) is 0 Å². The highest BCUT2D eigenvalue weighted by molar-refractivity contribution is 5.87. The first-order chi connectivity index (χ1) is 26.4. The predicted molar refractivity (Wildman–Crippen MR) is 222 cm³/mol. The Hall–Kier alpha value is -4.98. The van der Waals surface area contributed by atoms with Crippen LogP contribution in [0.15, 0.2) is 103 Å². The molecule has 0 fully saturated rings. The van der Waals surface area contributed by atoms with Gasteiger partial charge in [0, 0.05) is 16.6 Å². The van der Waals surface area contributed by atoms with Crippen molar-refractivity contribution < 1.29 is 34.0 Å². The van der Waals surface area contributed by atoms with Gasteiger partial charge in [0.05, 0.1) is 33.0 Å². The van der Waals surface area contributed by atoms with E-state index in [0.29, 0.717) is 56.3 Å². The number of hydrogen-bond acceptors (Lipinski definition) is 7. The number of aryl methyl sites for hydroxylation is 4. The molecule has 0 saturated heterocycles. The molecule has 4 aromatic rings. The average Bonchev–Trinajstić information content (AvgIpc) is 3.20. The molecule has 4 aromatic carbocycles. The number of benzene rings is 4. The summed E-state index contributed by atoms with van der Waals surface area (Å²) in [5.41, 5.74) is 11.3. The van der Waals surface area contributed by atoms with Crippen molar-refractivity contribution in [1.29, 1.82) is 0 Å². The monoisotopic (exact) mass is 746 g/mol. The van der Waals surface area contributed by atoms with Crippen molar-refractivity contribution in [3.63, 3.8) is 0 Å². The Labute approximate surface area is 327 Å². The van der Waals surface area contributed by atoms with E-state index in [4.69, 9.17) is 14.2 Å². The Morgan fingerprint density at radius 2 is 1.11 bits per heavy atom. The zero-order valence-electron chi connectivity index (χ0n) is 33.3. The lowest BCUT2D eigenvalue weighted by Gasteiger charge is -2.28. The molecule has 0 aromatic heterocycles. The molecular formula is C48H58O7. The number of esters is 2. The maximum atomic E-state index is 12.1. The molecular weight excluding hydrogens is 689 g/mol. The van der Waals surface area contributed by atoms with Gasteiger partial charge in [-0.25, -0.2) is 9.59 Å². The summed E-state index contributed by atoms with van der Waals surface area (Å²) < 4.78 is 17.4. The molecule has 7 heteroatoms. The van der Waals surface area contributed by atoms with Gasteiger partial charge in [0.2, 0.25) is 0 Å². The summed E-state index contributed by atoms with van der Waals surface area (Å²) in [6.45, 7) is 17.3. The van der Waals surface area contributed by atoms with Gasteiger partial charge in [-0.3, -0.25) is 0 Å². The minimum Gasteiger partial charge on any atom is -0.493 e. The van der Waals surface area contributed by atoms with Crippen molar-refractivity contribution in [2.75, 3.05) is 33.0 Å². The van der Waals surface area contributed by atoms with Crippen molar-refractivity contribution in [3.8, 4) is 39.1 Å². The van der Waals surface area contributed by atoms with Gasteiger partial charge in [-0.1, -0.05) is 99.3 Å². The van der Waals surface area contributed by atoms with Crippen molar-refractivity contribution >= 4 is 11.9 Å². The lowest BCUT2D eigenvalue weighted by atomic mass is 9.84. The average molecular weight is 747 g/mol. The smallest absolute Gasteiger partial charge is 0.333 e. The summed E-state index contributed by atoms with van der Waals surface area (Å²) in [4.78, 5) is 24.3. The van der Waals surface area contributed by atoms with Crippen LogP contribution in [-0.2, 0) is 38.3 Å². The maximum Gasteiger partial charge on any atom is 0.333 e. The van der Waals surface area contributed by atoms with Gasteiger partial charge < -0.3 is 24.4 Å². The van der Waals surface area contributed by atoms with E-state index in [0.717, 1.165) is 40.0 Å². The van der Waals surface area contributed by atoms with Crippen LogP contribution >= 0.6 is 0 Å². The summed E-state index contributed by atoms with van der Waals surface area (Å²) in [6.07, 6.45) is 4.22. The lowest BCUT2D eigenvalue weighted by molar-refractivity contribution is -0.139. The minimum absolute atomic E-state index is 0.142. The number of aliphatic hydroxyl groups excluding tert-OH is 2. The summed E-state index contributed by atoms with van der Waals surface area (Å²) in [5, 5.41) is 20.2. The summed E-state index contributed by atoms with van der Waals surface area (Å²) in [5.74, 6) is -0.115. The molecule has 0 atom stereocenters. The van der Waals surface area contributed by atoms with Gasteiger partial charge >= 0.3 is 11.9 Å². The number of carbonyl (C=O) groups excluding carboxylic acids is 2. The first-order valence-electron chi connectivity index (χ1n) is 19.4. The van der Waals surface area contributed by atoms with Crippen LogP contribution in [0.5, 0.6) is 5.75 Å². The first kappa shape index (κ1) is 42.8. The van der Waals surface area contributed by atoms with Crippen LogP contribution in [0.2, 0.25) is 0 Å². The fourth-order valence-corrected chi connectivity index (χ4v) is 6.49. The first-order valence-corrected chi connectivity index (χ1v) is 19.4. The Morgan fingerprint density at radius 3 is 1.58 bits per heavy atom. The Morgan fingerprint density at radius 1 is 0.636 bits per heavy atom. The number of carbonyl (C=O) groups is 2. The lowest BCUT2D eigenvalue weighted by Crippen LogP contribution is -2.31. The van der Waals surface area contributed by atoms with Crippen LogP contribution in [0.4, 0.5) is 0 Å². The quantitative estimate of drug-likeness (QED) is 0.0497. The molecule has 0 heterocycles. The molecule has 0 unspecified atom stereocenters. The molecule has 55 heavy (non-hydrogen) atoms. The van der Waals surface area contributed by atoms with E-state index in [1.54, 1.807) is 13.8 Å². The third-order valence-electron chi connectivity index (χ3n) is 10.3.